The van der Waals surface area contributed by atoms with E-state index in [1.807, 2.05) is 20.8 Å². The first-order valence-electron chi connectivity index (χ1n) is 7.24. The zero-order valence-electron chi connectivity index (χ0n) is 13.9. The summed E-state index contributed by atoms with van der Waals surface area (Å²) >= 11 is 2.44. The minimum Gasteiger partial charge on any atom is -0.444 e. The van der Waals surface area contributed by atoms with Crippen LogP contribution in [0, 0.1) is 0 Å². The number of hydrogen-bond acceptors (Lipinski definition) is 8. The summed E-state index contributed by atoms with van der Waals surface area (Å²) in [5.74, 6) is 0. The highest BCUT2D eigenvalue weighted by molar-refractivity contribution is 7.99. The maximum absolute atomic E-state index is 11.4. The van der Waals surface area contributed by atoms with E-state index in [4.69, 9.17) is 14.6 Å². The van der Waals surface area contributed by atoms with Crippen molar-refractivity contribution >= 4 is 29.4 Å². The Bertz CT molecular complexity index is 500. The third kappa shape index (κ3) is 7.98. The van der Waals surface area contributed by atoms with E-state index in [-0.39, 0.29) is 6.61 Å². The standard InChI is InChI=1S/C14H25N3O4S2/c1-13(2,3)21-12(18)16-6-5-7-20-9-14(4,19)11-17-8-10(22-11)23-15/h8,19H,5-7,9,15H2,1-4H3,(H,16,18). The second kappa shape index (κ2) is 8.84. The molecular weight excluding hydrogens is 338 g/mol. The molecule has 0 aromatic carbocycles. The van der Waals surface area contributed by atoms with Crippen molar-refractivity contribution in [3.8, 4) is 0 Å². The Hall–Kier alpha value is -0.870. The van der Waals surface area contributed by atoms with Crippen LogP contribution in [0.4, 0.5) is 4.79 Å². The summed E-state index contributed by atoms with van der Waals surface area (Å²) < 4.78 is 11.4. The maximum Gasteiger partial charge on any atom is 0.407 e. The molecule has 0 saturated carbocycles. The van der Waals surface area contributed by atoms with E-state index in [2.05, 4.69) is 10.3 Å². The molecule has 1 rings (SSSR count). The van der Waals surface area contributed by atoms with Gasteiger partial charge in [-0.3, -0.25) is 5.14 Å². The van der Waals surface area contributed by atoms with Crippen molar-refractivity contribution in [3.05, 3.63) is 11.2 Å². The van der Waals surface area contributed by atoms with Gasteiger partial charge in [-0.2, -0.15) is 0 Å². The van der Waals surface area contributed by atoms with Gasteiger partial charge in [0.25, 0.3) is 0 Å². The first kappa shape index (κ1) is 20.2. The number of nitrogens with two attached hydrogens (primary N) is 1. The van der Waals surface area contributed by atoms with E-state index in [1.165, 1.54) is 11.3 Å². The van der Waals surface area contributed by atoms with Crippen LogP contribution >= 0.6 is 23.3 Å². The molecule has 0 saturated heterocycles. The van der Waals surface area contributed by atoms with Gasteiger partial charge < -0.3 is 19.9 Å². The smallest absolute Gasteiger partial charge is 0.407 e. The van der Waals surface area contributed by atoms with Gasteiger partial charge in [-0.25, -0.2) is 9.78 Å². The van der Waals surface area contributed by atoms with Crippen LogP contribution < -0.4 is 10.5 Å². The number of carbonyl (C=O) groups is 1. The Morgan fingerprint density at radius 2 is 2.17 bits per heavy atom. The van der Waals surface area contributed by atoms with E-state index in [0.29, 0.717) is 24.6 Å². The van der Waals surface area contributed by atoms with Gasteiger partial charge in [0.15, 0.2) is 0 Å². The molecule has 132 valence electrons. The van der Waals surface area contributed by atoms with E-state index in [0.717, 1.165) is 16.2 Å². The second-order valence-corrected chi connectivity index (χ2v) is 8.18. The molecule has 0 aliphatic heterocycles. The van der Waals surface area contributed by atoms with E-state index >= 15 is 0 Å². The van der Waals surface area contributed by atoms with Gasteiger partial charge in [-0.05, 0) is 46.1 Å². The summed E-state index contributed by atoms with van der Waals surface area (Å²) in [6.45, 7) is 8.07. The summed E-state index contributed by atoms with van der Waals surface area (Å²) in [7, 11) is 0. The van der Waals surface area contributed by atoms with Gasteiger partial charge in [-0.1, -0.05) is 0 Å². The van der Waals surface area contributed by atoms with Crippen LogP contribution in [-0.2, 0) is 15.1 Å². The molecule has 0 bridgehead atoms. The number of hydrogen-bond donors (Lipinski definition) is 3. The summed E-state index contributed by atoms with van der Waals surface area (Å²) in [5, 5.41) is 19.0. The van der Waals surface area contributed by atoms with Crippen molar-refractivity contribution in [1.82, 2.24) is 10.3 Å². The molecule has 0 aliphatic carbocycles. The lowest BCUT2D eigenvalue weighted by molar-refractivity contribution is -0.0383. The van der Waals surface area contributed by atoms with E-state index in [9.17, 15) is 9.90 Å². The fourth-order valence-electron chi connectivity index (χ4n) is 1.57. The zero-order chi connectivity index (χ0) is 17.5. The monoisotopic (exact) mass is 363 g/mol. The number of aliphatic hydroxyl groups is 1. The molecule has 9 heteroatoms. The molecule has 23 heavy (non-hydrogen) atoms. The third-order valence-corrected chi connectivity index (χ3v) is 4.50. The van der Waals surface area contributed by atoms with E-state index < -0.39 is 17.3 Å². The highest BCUT2D eigenvalue weighted by atomic mass is 32.2. The summed E-state index contributed by atoms with van der Waals surface area (Å²) in [6.07, 6.45) is 1.81. The number of carbonyl (C=O) groups excluding carboxylic acids is 1. The number of rotatable bonds is 8. The first-order chi connectivity index (χ1) is 10.6. The molecule has 1 unspecified atom stereocenters. The highest BCUT2D eigenvalue weighted by Crippen LogP contribution is 2.29. The molecule has 0 radical (unpaired) electrons. The summed E-state index contributed by atoms with van der Waals surface area (Å²) in [5.41, 5.74) is -1.66. The normalized spacial score (nSPS) is 14.3. The first-order valence-corrected chi connectivity index (χ1v) is 8.94. The number of aromatic nitrogens is 1. The highest BCUT2D eigenvalue weighted by Gasteiger charge is 2.27. The topological polar surface area (TPSA) is 107 Å². The average Bonchev–Trinajstić information content (AvgIpc) is 2.90. The van der Waals surface area contributed by atoms with Crippen molar-refractivity contribution in [2.24, 2.45) is 5.14 Å². The molecule has 1 aromatic heterocycles. The molecule has 1 amide bonds. The Morgan fingerprint density at radius 3 is 2.74 bits per heavy atom. The molecule has 0 spiro atoms. The molecule has 4 N–H and O–H groups in total. The van der Waals surface area contributed by atoms with Gasteiger partial charge in [0.05, 0.1) is 17.0 Å². The maximum atomic E-state index is 11.4. The molecule has 0 fully saturated rings. The number of nitrogens with one attached hydrogen (secondary N) is 1. The fourth-order valence-corrected chi connectivity index (χ4v) is 2.80. The van der Waals surface area contributed by atoms with E-state index in [1.54, 1.807) is 13.1 Å². The van der Waals surface area contributed by atoms with Crippen LogP contribution in [0.1, 0.15) is 39.1 Å². The fraction of sp³-hybridized carbons (Fsp3) is 0.714. The van der Waals surface area contributed by atoms with Crippen LogP contribution in [-0.4, -0.2) is 41.5 Å². The number of alkyl carbamates (subject to hydrolysis) is 1. The van der Waals surface area contributed by atoms with Crippen molar-refractivity contribution in [2.45, 2.75) is 49.5 Å². The van der Waals surface area contributed by atoms with Crippen LogP contribution in [0.5, 0.6) is 0 Å². The third-order valence-electron chi connectivity index (χ3n) is 2.58. The molecule has 0 aliphatic rings. The Morgan fingerprint density at radius 1 is 1.48 bits per heavy atom. The Kier molecular flexibility index (Phi) is 7.75. The molecular formula is C14H25N3O4S2. The molecule has 1 heterocycles. The molecule has 1 atom stereocenters. The van der Waals surface area contributed by atoms with Crippen molar-refractivity contribution in [3.63, 3.8) is 0 Å². The van der Waals surface area contributed by atoms with Gasteiger partial charge >= 0.3 is 6.09 Å². The minimum atomic E-state index is -1.16. The van der Waals surface area contributed by atoms with Crippen LogP contribution in [0.25, 0.3) is 0 Å². The number of ether oxygens (including phenoxy) is 2. The van der Waals surface area contributed by atoms with Crippen LogP contribution in [0.2, 0.25) is 0 Å². The summed E-state index contributed by atoms with van der Waals surface area (Å²) in [6, 6.07) is 0. The Balaban J connectivity index is 2.20. The van der Waals surface area contributed by atoms with Gasteiger partial charge in [0.2, 0.25) is 0 Å². The number of thiazole rings is 1. The SMILES string of the molecule is CC(C)(C)OC(=O)NCCCOCC(C)(O)c1ncc(SN)s1. The van der Waals surface area contributed by atoms with Crippen LogP contribution in [0.3, 0.4) is 0 Å². The largest absolute Gasteiger partial charge is 0.444 e. The van der Waals surface area contributed by atoms with Crippen LogP contribution in [0.15, 0.2) is 10.4 Å². The molecule has 1 aromatic rings. The summed E-state index contributed by atoms with van der Waals surface area (Å²) in [4.78, 5) is 15.6. The van der Waals surface area contributed by atoms with Crippen molar-refractivity contribution in [2.75, 3.05) is 19.8 Å². The zero-order valence-corrected chi connectivity index (χ0v) is 15.6. The lowest BCUT2D eigenvalue weighted by Gasteiger charge is -2.21. The lowest BCUT2D eigenvalue weighted by atomic mass is 10.1. The number of nitrogens with zero attached hydrogens (tertiary/aromatic N) is 1. The molecule has 7 nitrogen and oxygen atoms in total. The second-order valence-electron chi connectivity index (χ2n) is 6.21. The Labute approximate surface area is 145 Å². The lowest BCUT2D eigenvalue weighted by Crippen LogP contribution is -2.33. The predicted molar refractivity (Wildman–Crippen MR) is 91.4 cm³/mol. The van der Waals surface area contributed by atoms with Crippen molar-refractivity contribution < 1.29 is 19.4 Å². The van der Waals surface area contributed by atoms with Gasteiger partial charge in [0.1, 0.15) is 16.2 Å². The van der Waals surface area contributed by atoms with Gasteiger partial charge in [-0.15, -0.1) is 11.3 Å². The number of amides is 1. The minimum absolute atomic E-state index is 0.127. The average molecular weight is 364 g/mol. The van der Waals surface area contributed by atoms with Crippen molar-refractivity contribution in [1.29, 1.82) is 0 Å². The predicted octanol–water partition coefficient (Wildman–Crippen LogP) is 2.25. The van der Waals surface area contributed by atoms with Gasteiger partial charge in [0, 0.05) is 13.2 Å². The quantitative estimate of drug-likeness (QED) is 0.480.